The Balaban J connectivity index is 1.89. The van der Waals surface area contributed by atoms with E-state index >= 15 is 0 Å². The highest BCUT2D eigenvalue weighted by molar-refractivity contribution is 5.64. The number of fused-ring (bicyclic) bond motifs is 1. The zero-order valence-electron chi connectivity index (χ0n) is 12.4. The van der Waals surface area contributed by atoms with E-state index in [0.29, 0.717) is 11.6 Å². The summed E-state index contributed by atoms with van der Waals surface area (Å²) in [6, 6.07) is 13.5. The van der Waals surface area contributed by atoms with Gasteiger partial charge in [0.15, 0.2) is 5.82 Å². The van der Waals surface area contributed by atoms with Crippen LogP contribution >= 0.6 is 0 Å². The fraction of sp³-hybridized carbons (Fsp3) is 0.0588. The average molecular weight is 303 g/mol. The Morgan fingerprint density at radius 3 is 2.74 bits per heavy atom. The van der Waals surface area contributed by atoms with Crippen LogP contribution in [-0.2, 0) is 0 Å². The number of hydrogen-bond donors (Lipinski definition) is 0. The van der Waals surface area contributed by atoms with E-state index in [1.54, 1.807) is 30.2 Å². The van der Waals surface area contributed by atoms with Crippen LogP contribution in [0.3, 0.4) is 0 Å². The minimum Gasteiger partial charge on any atom is -0.497 e. The Morgan fingerprint density at radius 1 is 1.00 bits per heavy atom. The summed E-state index contributed by atoms with van der Waals surface area (Å²) in [5.41, 5.74) is 2.74. The number of benzene rings is 1. The van der Waals surface area contributed by atoms with E-state index in [-0.39, 0.29) is 0 Å². The van der Waals surface area contributed by atoms with Crippen molar-refractivity contribution in [3.05, 3.63) is 61.1 Å². The van der Waals surface area contributed by atoms with Gasteiger partial charge >= 0.3 is 0 Å². The largest absolute Gasteiger partial charge is 0.497 e. The van der Waals surface area contributed by atoms with Gasteiger partial charge in [0.2, 0.25) is 0 Å². The fourth-order valence-corrected chi connectivity index (χ4v) is 2.41. The minimum absolute atomic E-state index is 0.546. The zero-order chi connectivity index (χ0) is 15.6. The summed E-state index contributed by atoms with van der Waals surface area (Å²) in [5.74, 6) is 1.94. The molecule has 4 rings (SSSR count). The van der Waals surface area contributed by atoms with Gasteiger partial charge in [0.05, 0.1) is 12.8 Å². The lowest BCUT2D eigenvalue weighted by molar-refractivity contribution is 0.415. The van der Waals surface area contributed by atoms with Gasteiger partial charge in [0.25, 0.3) is 5.78 Å². The number of nitrogens with zero attached hydrogens (tertiary/aromatic N) is 5. The van der Waals surface area contributed by atoms with Gasteiger partial charge in [-0.05, 0) is 30.3 Å². The lowest BCUT2D eigenvalue weighted by Gasteiger charge is -2.05. The van der Waals surface area contributed by atoms with Crippen molar-refractivity contribution in [2.45, 2.75) is 0 Å². The summed E-state index contributed by atoms with van der Waals surface area (Å²) in [6.07, 6.45) is 5.19. The molecule has 0 bridgehead atoms. The van der Waals surface area contributed by atoms with Crippen molar-refractivity contribution < 1.29 is 4.74 Å². The molecule has 0 atom stereocenters. The predicted molar refractivity (Wildman–Crippen MR) is 86.0 cm³/mol. The Labute approximate surface area is 132 Å². The molecule has 0 spiro atoms. The lowest BCUT2D eigenvalue weighted by Crippen LogP contribution is -1.96. The first kappa shape index (κ1) is 13.4. The highest BCUT2D eigenvalue weighted by Crippen LogP contribution is 2.24. The zero-order valence-corrected chi connectivity index (χ0v) is 12.4. The third kappa shape index (κ3) is 2.40. The molecule has 0 aliphatic heterocycles. The second-order valence-corrected chi connectivity index (χ2v) is 4.95. The molecular formula is C17H13N5O. The molecule has 23 heavy (non-hydrogen) atoms. The van der Waals surface area contributed by atoms with Crippen LogP contribution in [0.25, 0.3) is 28.4 Å². The van der Waals surface area contributed by atoms with Gasteiger partial charge in [-0.25, -0.2) is 4.98 Å². The molecule has 0 aliphatic carbocycles. The summed E-state index contributed by atoms with van der Waals surface area (Å²) >= 11 is 0. The van der Waals surface area contributed by atoms with Crippen LogP contribution in [0.2, 0.25) is 0 Å². The van der Waals surface area contributed by atoms with E-state index in [4.69, 9.17) is 4.74 Å². The molecule has 3 aromatic heterocycles. The van der Waals surface area contributed by atoms with Crippen molar-refractivity contribution in [2.24, 2.45) is 0 Å². The van der Waals surface area contributed by atoms with Crippen molar-refractivity contribution in [2.75, 3.05) is 7.11 Å². The molecule has 0 amide bonds. The first-order chi connectivity index (χ1) is 11.3. The number of rotatable bonds is 3. The van der Waals surface area contributed by atoms with Gasteiger partial charge < -0.3 is 4.74 Å². The van der Waals surface area contributed by atoms with Crippen LogP contribution in [0.4, 0.5) is 0 Å². The maximum atomic E-state index is 5.29. The van der Waals surface area contributed by atoms with Crippen molar-refractivity contribution in [1.29, 1.82) is 0 Å². The van der Waals surface area contributed by atoms with Gasteiger partial charge in [0, 0.05) is 29.7 Å². The highest BCUT2D eigenvalue weighted by atomic mass is 16.5. The smallest absolute Gasteiger partial charge is 0.253 e. The molecule has 112 valence electrons. The van der Waals surface area contributed by atoms with Crippen molar-refractivity contribution in [3.8, 4) is 28.4 Å². The van der Waals surface area contributed by atoms with Gasteiger partial charge in [-0.2, -0.15) is 9.50 Å². The van der Waals surface area contributed by atoms with E-state index in [1.165, 1.54) is 0 Å². The first-order valence-corrected chi connectivity index (χ1v) is 7.12. The minimum atomic E-state index is 0.546. The quantitative estimate of drug-likeness (QED) is 0.582. The van der Waals surface area contributed by atoms with Crippen molar-refractivity contribution >= 4 is 5.78 Å². The number of ether oxygens (including phenoxy) is 1. The summed E-state index contributed by atoms with van der Waals surface area (Å²) in [7, 11) is 1.65. The Morgan fingerprint density at radius 2 is 1.91 bits per heavy atom. The molecule has 0 radical (unpaired) electrons. The molecule has 0 saturated heterocycles. The number of hydrogen-bond acceptors (Lipinski definition) is 5. The second kappa shape index (κ2) is 5.49. The van der Waals surface area contributed by atoms with Gasteiger partial charge in [0.1, 0.15) is 5.75 Å². The van der Waals surface area contributed by atoms with Crippen LogP contribution in [0.1, 0.15) is 0 Å². The van der Waals surface area contributed by atoms with Crippen molar-refractivity contribution in [3.63, 3.8) is 0 Å². The molecular weight excluding hydrogens is 290 g/mol. The number of pyridine rings is 1. The third-order valence-corrected chi connectivity index (χ3v) is 3.53. The Hall–Kier alpha value is -3.28. The Bertz CT molecular complexity index is 965. The molecule has 0 saturated carbocycles. The van der Waals surface area contributed by atoms with Gasteiger partial charge in [-0.3, -0.25) is 4.98 Å². The molecule has 0 fully saturated rings. The Kier molecular flexibility index (Phi) is 3.20. The van der Waals surface area contributed by atoms with E-state index in [2.05, 4.69) is 20.1 Å². The highest BCUT2D eigenvalue weighted by Gasteiger charge is 2.11. The number of aromatic nitrogens is 5. The van der Waals surface area contributed by atoms with Crippen LogP contribution in [0.5, 0.6) is 5.75 Å². The van der Waals surface area contributed by atoms with E-state index < -0.39 is 0 Å². The number of methoxy groups -OCH3 is 1. The van der Waals surface area contributed by atoms with E-state index in [1.807, 2.05) is 42.5 Å². The standard InChI is InChI=1S/C17H13N5O/c1-23-14-6-2-4-12(10-14)15-7-9-19-17-20-16(21-22(15)17)13-5-3-8-18-11-13/h2-11H,1H3. The molecule has 6 nitrogen and oxygen atoms in total. The van der Waals surface area contributed by atoms with Crippen LogP contribution in [0, 0.1) is 0 Å². The van der Waals surface area contributed by atoms with Crippen molar-refractivity contribution in [1.82, 2.24) is 24.6 Å². The van der Waals surface area contributed by atoms with E-state index in [9.17, 15) is 0 Å². The van der Waals surface area contributed by atoms with Crippen LogP contribution in [-0.4, -0.2) is 31.7 Å². The van der Waals surface area contributed by atoms with Gasteiger partial charge in [-0.15, -0.1) is 5.10 Å². The normalized spacial score (nSPS) is 10.8. The topological polar surface area (TPSA) is 65.2 Å². The van der Waals surface area contributed by atoms with Gasteiger partial charge in [-0.1, -0.05) is 12.1 Å². The first-order valence-electron chi connectivity index (χ1n) is 7.12. The summed E-state index contributed by atoms with van der Waals surface area (Å²) in [6.45, 7) is 0. The molecule has 0 N–H and O–H groups in total. The monoisotopic (exact) mass is 303 g/mol. The molecule has 0 aliphatic rings. The third-order valence-electron chi connectivity index (χ3n) is 3.53. The molecule has 1 aromatic carbocycles. The fourth-order valence-electron chi connectivity index (χ4n) is 2.41. The second-order valence-electron chi connectivity index (χ2n) is 4.95. The maximum absolute atomic E-state index is 5.29. The summed E-state index contributed by atoms with van der Waals surface area (Å²) < 4.78 is 7.03. The lowest BCUT2D eigenvalue weighted by atomic mass is 10.1. The summed E-state index contributed by atoms with van der Waals surface area (Å²) in [4.78, 5) is 12.9. The molecule has 6 heteroatoms. The molecule has 4 aromatic rings. The maximum Gasteiger partial charge on any atom is 0.253 e. The van der Waals surface area contributed by atoms with Crippen LogP contribution in [0.15, 0.2) is 61.1 Å². The summed E-state index contributed by atoms with van der Waals surface area (Å²) in [5, 5.41) is 4.58. The predicted octanol–water partition coefficient (Wildman–Crippen LogP) is 2.86. The molecule has 3 heterocycles. The van der Waals surface area contributed by atoms with Crippen LogP contribution < -0.4 is 4.74 Å². The average Bonchev–Trinajstić information content (AvgIpc) is 3.07. The van der Waals surface area contributed by atoms with E-state index in [0.717, 1.165) is 22.6 Å². The SMILES string of the molecule is COc1cccc(-c2ccnc3nc(-c4cccnc4)nn23)c1. The molecule has 0 unspecified atom stereocenters.